The van der Waals surface area contributed by atoms with Crippen molar-refractivity contribution in [2.24, 2.45) is 0 Å². The molecule has 0 unspecified atom stereocenters. The Morgan fingerprint density at radius 3 is 2.89 bits per heavy atom. The van der Waals surface area contributed by atoms with Gasteiger partial charge in [-0.2, -0.15) is 11.3 Å². The second kappa shape index (κ2) is 6.19. The molecule has 0 fully saturated rings. The molecule has 0 aliphatic heterocycles. The van der Waals surface area contributed by atoms with Gasteiger partial charge in [-0.05, 0) is 47.0 Å². The SMILES string of the molecule is Cc1c(Cl)cccc1C(=O)N[C@@H](CO)c1ccsc1. The van der Waals surface area contributed by atoms with Gasteiger partial charge < -0.3 is 10.4 Å². The largest absolute Gasteiger partial charge is 0.394 e. The Kier molecular flexibility index (Phi) is 4.58. The molecule has 3 nitrogen and oxygen atoms in total. The zero-order chi connectivity index (χ0) is 13.8. The van der Waals surface area contributed by atoms with Crippen molar-refractivity contribution in [3.8, 4) is 0 Å². The third-order valence-electron chi connectivity index (χ3n) is 2.95. The van der Waals surface area contributed by atoms with Crippen LogP contribution in [0.5, 0.6) is 0 Å². The summed E-state index contributed by atoms with van der Waals surface area (Å²) in [4.78, 5) is 12.2. The van der Waals surface area contributed by atoms with Crippen molar-refractivity contribution in [2.45, 2.75) is 13.0 Å². The molecule has 2 rings (SSSR count). The zero-order valence-electron chi connectivity index (χ0n) is 10.4. The second-order valence-corrected chi connectivity index (χ2v) is 5.36. The highest BCUT2D eigenvalue weighted by molar-refractivity contribution is 7.07. The van der Waals surface area contributed by atoms with Gasteiger partial charge in [-0.3, -0.25) is 4.79 Å². The van der Waals surface area contributed by atoms with Crippen LogP contribution >= 0.6 is 22.9 Å². The van der Waals surface area contributed by atoms with Gasteiger partial charge in [0.2, 0.25) is 0 Å². The number of halogens is 1. The van der Waals surface area contributed by atoms with E-state index in [4.69, 9.17) is 11.6 Å². The van der Waals surface area contributed by atoms with Crippen molar-refractivity contribution in [1.29, 1.82) is 0 Å². The molecular weight excluding hydrogens is 282 g/mol. The normalized spacial score (nSPS) is 12.2. The quantitative estimate of drug-likeness (QED) is 0.910. The van der Waals surface area contributed by atoms with E-state index in [0.29, 0.717) is 10.6 Å². The average Bonchev–Trinajstić information content (AvgIpc) is 2.92. The van der Waals surface area contributed by atoms with E-state index in [1.807, 2.05) is 16.8 Å². The van der Waals surface area contributed by atoms with Crippen molar-refractivity contribution in [3.05, 3.63) is 56.7 Å². The molecule has 2 N–H and O–H groups in total. The molecule has 1 aromatic carbocycles. The standard InChI is InChI=1S/C14H14ClNO2S/c1-9-11(3-2-4-12(9)15)14(18)16-13(7-17)10-5-6-19-8-10/h2-6,8,13,17H,7H2,1H3,(H,16,18)/t13-/m0/s1. The van der Waals surface area contributed by atoms with E-state index < -0.39 is 6.04 Å². The van der Waals surface area contributed by atoms with Crippen LogP contribution in [-0.4, -0.2) is 17.6 Å². The Bertz CT molecular complexity index is 569. The molecule has 1 aromatic heterocycles. The number of aliphatic hydroxyl groups excluding tert-OH is 1. The maximum atomic E-state index is 12.2. The lowest BCUT2D eigenvalue weighted by atomic mass is 10.1. The molecule has 1 amide bonds. The first-order valence-corrected chi connectivity index (χ1v) is 7.14. The Morgan fingerprint density at radius 1 is 1.47 bits per heavy atom. The van der Waals surface area contributed by atoms with Gasteiger partial charge in [0.1, 0.15) is 0 Å². The maximum Gasteiger partial charge on any atom is 0.252 e. The number of hydrogen-bond acceptors (Lipinski definition) is 3. The number of carbonyl (C=O) groups excluding carboxylic acids is 1. The van der Waals surface area contributed by atoms with Gasteiger partial charge in [0.05, 0.1) is 12.6 Å². The van der Waals surface area contributed by atoms with E-state index in [1.54, 1.807) is 25.1 Å². The first kappa shape index (κ1) is 14.1. The average molecular weight is 296 g/mol. The highest BCUT2D eigenvalue weighted by Gasteiger charge is 2.17. The fourth-order valence-electron chi connectivity index (χ4n) is 1.80. The summed E-state index contributed by atoms with van der Waals surface area (Å²) in [6, 6.07) is 6.70. The molecular formula is C14H14ClNO2S. The molecule has 1 atom stereocenters. The van der Waals surface area contributed by atoms with Gasteiger partial charge in [-0.1, -0.05) is 17.7 Å². The van der Waals surface area contributed by atoms with Crippen LogP contribution in [0.1, 0.15) is 27.5 Å². The van der Waals surface area contributed by atoms with E-state index in [9.17, 15) is 9.90 Å². The summed E-state index contributed by atoms with van der Waals surface area (Å²) in [5, 5.41) is 16.6. The Morgan fingerprint density at radius 2 is 2.26 bits per heavy atom. The fraction of sp³-hybridized carbons (Fsp3) is 0.214. The lowest BCUT2D eigenvalue weighted by molar-refractivity contribution is 0.0915. The Balaban J connectivity index is 2.18. The van der Waals surface area contributed by atoms with Crippen LogP contribution in [0.4, 0.5) is 0 Å². The minimum absolute atomic E-state index is 0.137. The van der Waals surface area contributed by atoms with Crippen LogP contribution in [0.25, 0.3) is 0 Å². The zero-order valence-corrected chi connectivity index (χ0v) is 12.0. The van der Waals surface area contributed by atoms with Crippen molar-refractivity contribution < 1.29 is 9.90 Å². The number of benzene rings is 1. The number of thiophene rings is 1. The van der Waals surface area contributed by atoms with Crippen molar-refractivity contribution in [2.75, 3.05) is 6.61 Å². The van der Waals surface area contributed by atoms with Crippen LogP contribution in [0.3, 0.4) is 0 Å². The Hall–Kier alpha value is -1.36. The van der Waals surface area contributed by atoms with E-state index in [-0.39, 0.29) is 12.5 Å². The van der Waals surface area contributed by atoms with Crippen molar-refractivity contribution in [1.82, 2.24) is 5.32 Å². The summed E-state index contributed by atoms with van der Waals surface area (Å²) >= 11 is 7.53. The molecule has 0 aliphatic rings. The lowest BCUT2D eigenvalue weighted by Gasteiger charge is -2.16. The van der Waals surface area contributed by atoms with Gasteiger partial charge in [0.15, 0.2) is 0 Å². The second-order valence-electron chi connectivity index (χ2n) is 4.18. The number of amides is 1. The molecule has 0 saturated heterocycles. The molecule has 100 valence electrons. The molecule has 1 heterocycles. The first-order valence-electron chi connectivity index (χ1n) is 5.82. The molecule has 0 bridgehead atoms. The summed E-state index contributed by atoms with van der Waals surface area (Å²) in [6.45, 7) is 1.66. The molecule has 19 heavy (non-hydrogen) atoms. The van der Waals surface area contributed by atoms with Gasteiger partial charge in [0, 0.05) is 10.6 Å². The maximum absolute atomic E-state index is 12.2. The molecule has 0 spiro atoms. The fourth-order valence-corrected chi connectivity index (χ4v) is 2.69. The minimum atomic E-state index is -0.392. The van der Waals surface area contributed by atoms with E-state index >= 15 is 0 Å². The van der Waals surface area contributed by atoms with Crippen molar-refractivity contribution in [3.63, 3.8) is 0 Å². The first-order chi connectivity index (χ1) is 9.13. The lowest BCUT2D eigenvalue weighted by Crippen LogP contribution is -2.31. The van der Waals surface area contributed by atoms with Gasteiger partial charge in [0.25, 0.3) is 5.91 Å². The molecule has 2 aromatic rings. The van der Waals surface area contributed by atoms with E-state index in [2.05, 4.69) is 5.32 Å². The molecule has 0 saturated carbocycles. The number of carbonyl (C=O) groups is 1. The summed E-state index contributed by atoms with van der Waals surface area (Å²) in [6.07, 6.45) is 0. The van der Waals surface area contributed by atoms with Gasteiger partial charge in [-0.25, -0.2) is 0 Å². The molecule has 0 radical (unpaired) electrons. The number of nitrogens with one attached hydrogen (secondary N) is 1. The monoisotopic (exact) mass is 295 g/mol. The summed E-state index contributed by atoms with van der Waals surface area (Å²) in [5.74, 6) is -0.231. The third kappa shape index (κ3) is 3.15. The number of rotatable bonds is 4. The Labute approximate surface area is 120 Å². The highest BCUT2D eigenvalue weighted by Crippen LogP contribution is 2.21. The van der Waals surface area contributed by atoms with E-state index in [0.717, 1.165) is 11.1 Å². The summed E-state index contributed by atoms with van der Waals surface area (Å²) in [5.41, 5.74) is 2.17. The molecule has 5 heteroatoms. The number of aliphatic hydroxyl groups is 1. The molecule has 0 aliphatic carbocycles. The van der Waals surface area contributed by atoms with E-state index in [1.165, 1.54) is 11.3 Å². The van der Waals surface area contributed by atoms with Crippen LogP contribution in [-0.2, 0) is 0 Å². The predicted molar refractivity (Wildman–Crippen MR) is 77.8 cm³/mol. The van der Waals surface area contributed by atoms with Crippen LogP contribution in [0, 0.1) is 6.92 Å². The predicted octanol–water partition coefficient (Wildman–Crippen LogP) is 3.17. The van der Waals surface area contributed by atoms with Crippen LogP contribution < -0.4 is 5.32 Å². The van der Waals surface area contributed by atoms with Gasteiger partial charge >= 0.3 is 0 Å². The minimum Gasteiger partial charge on any atom is -0.394 e. The number of hydrogen-bond donors (Lipinski definition) is 2. The summed E-state index contributed by atoms with van der Waals surface area (Å²) in [7, 11) is 0. The highest BCUT2D eigenvalue weighted by atomic mass is 35.5. The van der Waals surface area contributed by atoms with Crippen LogP contribution in [0.2, 0.25) is 5.02 Å². The smallest absolute Gasteiger partial charge is 0.252 e. The van der Waals surface area contributed by atoms with Gasteiger partial charge in [-0.15, -0.1) is 0 Å². The summed E-state index contributed by atoms with van der Waals surface area (Å²) < 4.78 is 0. The third-order valence-corrected chi connectivity index (χ3v) is 4.06. The van der Waals surface area contributed by atoms with Crippen molar-refractivity contribution >= 4 is 28.8 Å². The topological polar surface area (TPSA) is 49.3 Å². The van der Waals surface area contributed by atoms with Crippen LogP contribution in [0.15, 0.2) is 35.0 Å².